The number of nitrogens with one attached hydrogen (secondary N) is 1. The summed E-state index contributed by atoms with van der Waals surface area (Å²) in [6, 6.07) is 0. The van der Waals surface area contributed by atoms with E-state index in [9.17, 15) is 4.79 Å². The smallest absolute Gasteiger partial charge is 0.331 e. The molecule has 0 radical (unpaired) electrons. The molecule has 1 aliphatic heterocycles. The fraction of sp³-hybridized carbons (Fsp3) is 0.727. The first-order chi connectivity index (χ1) is 12.1. The van der Waals surface area contributed by atoms with Crippen LogP contribution in [0.1, 0.15) is 64.7 Å². The molecule has 4 aliphatic carbocycles. The summed E-state index contributed by atoms with van der Waals surface area (Å²) in [5.74, 6) is 2.88. The highest BCUT2D eigenvalue weighted by Crippen LogP contribution is 2.68. The fourth-order valence-corrected chi connectivity index (χ4v) is 7.65. The molecule has 5 rings (SSSR count). The van der Waals surface area contributed by atoms with Crippen molar-refractivity contribution in [3.63, 3.8) is 0 Å². The summed E-state index contributed by atoms with van der Waals surface area (Å²) in [4.78, 5) is 11.9. The summed E-state index contributed by atoms with van der Waals surface area (Å²) in [5.41, 5.74) is 2.27. The third kappa shape index (κ3) is 2.17. The monoisotopic (exact) mass is 357 g/mol. The van der Waals surface area contributed by atoms with Crippen LogP contribution in [0.15, 0.2) is 23.8 Å². The van der Waals surface area contributed by atoms with Crippen LogP contribution in [0, 0.1) is 34.5 Å². The Kier molecular flexibility index (Phi) is 4.18. The number of rotatable bonds is 1. The Balaban J connectivity index is 0.00000168. The molecule has 4 heteroatoms. The molecule has 0 aromatic heterocycles. The van der Waals surface area contributed by atoms with Crippen molar-refractivity contribution < 1.29 is 15.0 Å². The molecule has 4 nitrogen and oxygen atoms in total. The normalized spacial score (nSPS) is 46.1. The van der Waals surface area contributed by atoms with Gasteiger partial charge >= 0.3 is 5.97 Å². The van der Waals surface area contributed by atoms with Crippen LogP contribution in [0.2, 0.25) is 0 Å². The Bertz CT molecular complexity index is 696. The average molecular weight is 357 g/mol. The van der Waals surface area contributed by atoms with Crippen molar-refractivity contribution in [1.29, 1.82) is 5.41 Å². The summed E-state index contributed by atoms with van der Waals surface area (Å²) >= 11 is 0. The van der Waals surface area contributed by atoms with Gasteiger partial charge in [-0.2, -0.15) is 0 Å². The SMILES string of the molecule is CC[C@]12CCC3C(CCC4=CC(=N)CC[C@@H]43)C1CC[C@@]21C=CC(=O)O1.O. The van der Waals surface area contributed by atoms with E-state index in [-0.39, 0.29) is 22.5 Å². The van der Waals surface area contributed by atoms with Gasteiger partial charge in [-0.3, -0.25) is 0 Å². The number of allylic oxidation sites excluding steroid dienone is 2. The Labute approximate surface area is 155 Å². The fourth-order valence-electron chi connectivity index (χ4n) is 7.65. The Morgan fingerprint density at radius 2 is 2.00 bits per heavy atom. The molecule has 0 aromatic carbocycles. The summed E-state index contributed by atoms with van der Waals surface area (Å²) < 4.78 is 5.98. The first kappa shape index (κ1) is 18.0. The predicted molar refractivity (Wildman–Crippen MR) is 101 cm³/mol. The molecule has 5 aliphatic rings. The molecule has 26 heavy (non-hydrogen) atoms. The number of hydrogen-bond acceptors (Lipinski definition) is 3. The maximum Gasteiger partial charge on any atom is 0.331 e. The van der Waals surface area contributed by atoms with Crippen molar-refractivity contribution >= 4 is 11.7 Å². The first-order valence-electron chi connectivity index (χ1n) is 10.3. The van der Waals surface area contributed by atoms with Crippen LogP contribution < -0.4 is 0 Å². The van der Waals surface area contributed by atoms with Crippen molar-refractivity contribution in [1.82, 2.24) is 0 Å². The number of carbonyl (C=O) groups excluding carboxylic acids is 1. The molecule has 0 aromatic rings. The topological polar surface area (TPSA) is 81.7 Å². The lowest BCUT2D eigenvalue weighted by molar-refractivity contribution is -0.164. The largest absolute Gasteiger partial charge is 0.451 e. The van der Waals surface area contributed by atoms with Gasteiger partial charge in [0.05, 0.1) is 0 Å². The second-order valence-electron chi connectivity index (χ2n) is 9.09. The molecule has 3 saturated carbocycles. The number of esters is 1. The van der Waals surface area contributed by atoms with Crippen LogP contribution >= 0.6 is 0 Å². The van der Waals surface area contributed by atoms with E-state index in [0.29, 0.717) is 5.92 Å². The number of carbonyl (C=O) groups is 1. The minimum atomic E-state index is -0.306. The predicted octanol–water partition coefficient (Wildman–Crippen LogP) is 4.00. The van der Waals surface area contributed by atoms with Gasteiger partial charge in [0.15, 0.2) is 0 Å². The highest BCUT2D eigenvalue weighted by molar-refractivity contribution is 5.93. The minimum absolute atomic E-state index is 0. The molecule has 1 heterocycles. The molecule has 0 saturated heterocycles. The number of ether oxygens (including phenoxy) is 1. The summed E-state index contributed by atoms with van der Waals surface area (Å²) in [7, 11) is 0. The molecule has 1 spiro atoms. The van der Waals surface area contributed by atoms with E-state index in [1.165, 1.54) is 38.5 Å². The van der Waals surface area contributed by atoms with Crippen LogP contribution in [0.4, 0.5) is 0 Å². The third-order valence-corrected chi connectivity index (χ3v) is 8.62. The molecule has 0 bridgehead atoms. The molecular weight excluding hydrogens is 326 g/mol. The summed E-state index contributed by atoms with van der Waals surface area (Å²) in [6.45, 7) is 2.32. The van der Waals surface area contributed by atoms with Gasteiger partial charge in [-0.15, -0.1) is 0 Å². The van der Waals surface area contributed by atoms with Crippen LogP contribution in [-0.2, 0) is 9.53 Å². The van der Waals surface area contributed by atoms with Crippen LogP contribution in [0.25, 0.3) is 0 Å². The third-order valence-electron chi connectivity index (χ3n) is 8.62. The van der Waals surface area contributed by atoms with E-state index in [2.05, 4.69) is 19.1 Å². The standard InChI is InChI=1S/C22H29NO2.H2O/c1-2-21-10-7-17-16-6-4-15(23)13-14(16)3-5-18(17)19(21)8-11-22(21)12-9-20(24)25-22;/h9,12-13,16-19,23H,2-8,10-11H2,1H3;1H2/t16-,17?,18?,19?,21-,22+;/m0./s1. The van der Waals surface area contributed by atoms with E-state index in [4.69, 9.17) is 10.1 Å². The molecule has 0 amide bonds. The molecule has 3 unspecified atom stereocenters. The van der Waals surface area contributed by atoms with Crippen molar-refractivity contribution in [2.75, 3.05) is 0 Å². The minimum Gasteiger partial charge on any atom is -0.451 e. The van der Waals surface area contributed by atoms with Gasteiger partial charge in [0.25, 0.3) is 0 Å². The van der Waals surface area contributed by atoms with Gasteiger partial charge in [0.2, 0.25) is 0 Å². The lowest BCUT2D eigenvalue weighted by Crippen LogP contribution is -2.53. The lowest BCUT2D eigenvalue weighted by Gasteiger charge is -2.56. The molecular formula is C22H31NO3. The first-order valence-corrected chi connectivity index (χ1v) is 10.3. The van der Waals surface area contributed by atoms with Gasteiger partial charge in [0, 0.05) is 17.2 Å². The highest BCUT2D eigenvalue weighted by atomic mass is 16.6. The van der Waals surface area contributed by atoms with Gasteiger partial charge in [-0.1, -0.05) is 12.5 Å². The zero-order chi connectivity index (χ0) is 17.2. The van der Waals surface area contributed by atoms with Crippen LogP contribution in [0.3, 0.4) is 0 Å². The van der Waals surface area contributed by atoms with Crippen molar-refractivity contribution in [2.45, 2.75) is 70.3 Å². The van der Waals surface area contributed by atoms with Gasteiger partial charge in [-0.05, 0) is 93.6 Å². The van der Waals surface area contributed by atoms with E-state index in [1.54, 1.807) is 11.6 Å². The van der Waals surface area contributed by atoms with Gasteiger partial charge in [0.1, 0.15) is 5.60 Å². The van der Waals surface area contributed by atoms with Gasteiger partial charge in [-0.25, -0.2) is 4.79 Å². The molecule has 6 atom stereocenters. The van der Waals surface area contributed by atoms with Crippen molar-refractivity contribution in [3.8, 4) is 0 Å². The summed E-state index contributed by atoms with van der Waals surface area (Å²) in [5, 5.41) is 8.02. The molecule has 3 fully saturated rings. The van der Waals surface area contributed by atoms with Crippen molar-refractivity contribution in [3.05, 3.63) is 23.8 Å². The van der Waals surface area contributed by atoms with E-state index in [1.807, 2.05) is 0 Å². The van der Waals surface area contributed by atoms with E-state index in [0.717, 1.165) is 42.7 Å². The lowest BCUT2D eigenvalue weighted by atomic mass is 9.49. The Hall–Kier alpha value is -1.42. The Morgan fingerprint density at radius 1 is 1.15 bits per heavy atom. The zero-order valence-electron chi connectivity index (χ0n) is 15.7. The second kappa shape index (κ2) is 6.05. The molecule has 142 valence electrons. The summed E-state index contributed by atoms with van der Waals surface area (Å²) in [6.07, 6.45) is 16.5. The molecule has 3 N–H and O–H groups in total. The highest BCUT2D eigenvalue weighted by Gasteiger charge is 2.66. The Morgan fingerprint density at radius 3 is 2.73 bits per heavy atom. The van der Waals surface area contributed by atoms with E-state index >= 15 is 0 Å². The van der Waals surface area contributed by atoms with Gasteiger partial charge < -0.3 is 15.6 Å². The quantitative estimate of drug-likeness (QED) is 0.720. The maximum absolute atomic E-state index is 11.9. The van der Waals surface area contributed by atoms with Crippen LogP contribution in [0.5, 0.6) is 0 Å². The van der Waals surface area contributed by atoms with Crippen LogP contribution in [-0.4, -0.2) is 22.8 Å². The van der Waals surface area contributed by atoms with E-state index < -0.39 is 0 Å². The number of fused-ring (bicyclic) bond motifs is 6. The van der Waals surface area contributed by atoms with Crippen molar-refractivity contribution in [2.24, 2.45) is 29.1 Å². The number of hydrogen-bond donors (Lipinski definition) is 1. The second-order valence-corrected chi connectivity index (χ2v) is 9.09. The average Bonchev–Trinajstić information content (AvgIpc) is 3.16. The zero-order valence-corrected chi connectivity index (χ0v) is 15.7. The maximum atomic E-state index is 11.9.